The van der Waals surface area contributed by atoms with Crippen molar-refractivity contribution in [1.29, 1.82) is 0 Å². The molecule has 13 aromatic rings. The van der Waals surface area contributed by atoms with Crippen molar-refractivity contribution >= 4 is 65.4 Å². The molecule has 0 saturated carbocycles. The number of benzene rings is 9. The van der Waals surface area contributed by atoms with E-state index < -0.39 is 0 Å². The summed E-state index contributed by atoms with van der Waals surface area (Å²) in [5.74, 6) is 1.83. The maximum atomic E-state index is 5.36. The lowest BCUT2D eigenvalue weighted by molar-refractivity contribution is 1.06. The average molecular weight is 805 g/mol. The molecule has 0 aliphatic heterocycles. The third-order valence-corrected chi connectivity index (χ3v) is 12.5. The SMILES string of the molecule is c1ccc(-c2nc(-c3ccccc3)nc(-c3cc4c(cc3-n3c5ccccc5c5ccccc53)c3cc5c6ccccc6n(-c6ccccc6)c5cc3n4-c3ccccc3)n2)cc1. The molecule has 0 spiro atoms. The topological polar surface area (TPSA) is 53.5 Å². The summed E-state index contributed by atoms with van der Waals surface area (Å²) in [5.41, 5.74) is 12.6. The van der Waals surface area contributed by atoms with Gasteiger partial charge in [0.1, 0.15) is 0 Å². The number of hydrogen-bond acceptors (Lipinski definition) is 3. The van der Waals surface area contributed by atoms with Crippen molar-refractivity contribution in [1.82, 2.24) is 28.7 Å². The number of nitrogens with zero attached hydrogens (tertiary/aromatic N) is 6. The van der Waals surface area contributed by atoms with Crippen LogP contribution >= 0.6 is 0 Å². The van der Waals surface area contributed by atoms with Crippen LogP contribution in [0.5, 0.6) is 0 Å². The molecule has 4 aromatic heterocycles. The quantitative estimate of drug-likeness (QED) is 0.168. The number of fused-ring (bicyclic) bond motifs is 9. The molecule has 0 fully saturated rings. The van der Waals surface area contributed by atoms with Gasteiger partial charge in [-0.2, -0.15) is 0 Å². The van der Waals surface area contributed by atoms with Crippen molar-refractivity contribution in [2.24, 2.45) is 0 Å². The Hall–Kier alpha value is -8.61. The second-order valence-corrected chi connectivity index (χ2v) is 16.0. The molecule has 0 bridgehead atoms. The Morgan fingerprint density at radius 1 is 0.254 bits per heavy atom. The van der Waals surface area contributed by atoms with E-state index in [-0.39, 0.29) is 0 Å². The Kier molecular flexibility index (Phi) is 7.80. The standard InChI is InChI=1S/C57H36N6/c1-5-19-37(20-6-1)55-58-56(38-21-7-2-8-22-38)60-57(59-55)47-35-51-46(34-52(47)63-49-31-17-13-27-41(49)42-28-14-18-32-50(42)63)45-33-44-43-29-15-16-30-48(43)61(39-23-9-3-10-24-39)53(44)36-54(45)62(51)40-25-11-4-12-26-40/h1-36H. The summed E-state index contributed by atoms with van der Waals surface area (Å²) in [7, 11) is 0. The first-order valence-corrected chi connectivity index (χ1v) is 21.3. The second kappa shape index (κ2) is 14.0. The van der Waals surface area contributed by atoms with E-state index in [0.717, 1.165) is 72.1 Å². The molecule has 63 heavy (non-hydrogen) atoms. The van der Waals surface area contributed by atoms with Crippen molar-refractivity contribution in [3.8, 4) is 51.2 Å². The summed E-state index contributed by atoms with van der Waals surface area (Å²) < 4.78 is 7.21. The Bertz CT molecular complexity index is 3770. The summed E-state index contributed by atoms with van der Waals surface area (Å²) in [4.78, 5) is 15.8. The lowest BCUT2D eigenvalue weighted by Crippen LogP contribution is -2.04. The summed E-state index contributed by atoms with van der Waals surface area (Å²) in [6, 6.07) is 77.4. The van der Waals surface area contributed by atoms with Crippen LogP contribution in [0.15, 0.2) is 218 Å². The van der Waals surface area contributed by atoms with E-state index >= 15 is 0 Å². The fraction of sp³-hybridized carbons (Fsp3) is 0. The first-order valence-electron chi connectivity index (χ1n) is 21.3. The highest BCUT2D eigenvalue weighted by Crippen LogP contribution is 2.44. The molecule has 0 N–H and O–H groups in total. The predicted octanol–water partition coefficient (Wildman–Crippen LogP) is 14.2. The Morgan fingerprint density at radius 2 is 0.619 bits per heavy atom. The largest absolute Gasteiger partial charge is 0.309 e. The molecule has 6 heteroatoms. The van der Waals surface area contributed by atoms with E-state index in [2.05, 4.69) is 196 Å². The van der Waals surface area contributed by atoms with Crippen LogP contribution in [-0.2, 0) is 0 Å². The molecule has 0 amide bonds. The van der Waals surface area contributed by atoms with E-state index in [1.165, 1.54) is 27.1 Å². The monoisotopic (exact) mass is 804 g/mol. The highest BCUT2D eigenvalue weighted by atomic mass is 15.1. The minimum Gasteiger partial charge on any atom is -0.309 e. The number of para-hydroxylation sites is 5. The van der Waals surface area contributed by atoms with Crippen molar-refractivity contribution < 1.29 is 0 Å². The molecule has 0 saturated heterocycles. The normalized spacial score (nSPS) is 11.8. The third kappa shape index (κ3) is 5.48. The zero-order chi connectivity index (χ0) is 41.4. The Balaban J connectivity index is 1.21. The summed E-state index contributed by atoms with van der Waals surface area (Å²) >= 11 is 0. The van der Waals surface area contributed by atoms with Gasteiger partial charge >= 0.3 is 0 Å². The van der Waals surface area contributed by atoms with Crippen molar-refractivity contribution in [3.63, 3.8) is 0 Å². The molecule has 6 nitrogen and oxygen atoms in total. The van der Waals surface area contributed by atoms with Gasteiger partial charge in [-0.3, -0.25) is 0 Å². The van der Waals surface area contributed by atoms with Crippen LogP contribution in [0.1, 0.15) is 0 Å². The van der Waals surface area contributed by atoms with Crippen LogP contribution in [0, 0.1) is 0 Å². The van der Waals surface area contributed by atoms with Crippen molar-refractivity contribution in [2.75, 3.05) is 0 Å². The van der Waals surface area contributed by atoms with Gasteiger partial charge in [0.05, 0.1) is 38.8 Å². The van der Waals surface area contributed by atoms with Gasteiger partial charge in [0.25, 0.3) is 0 Å². The number of hydrogen-bond donors (Lipinski definition) is 0. The minimum atomic E-state index is 0.595. The molecule has 0 radical (unpaired) electrons. The third-order valence-electron chi connectivity index (χ3n) is 12.5. The van der Waals surface area contributed by atoms with Gasteiger partial charge in [-0.25, -0.2) is 15.0 Å². The second-order valence-electron chi connectivity index (χ2n) is 16.0. The first-order chi connectivity index (χ1) is 31.3. The fourth-order valence-corrected chi connectivity index (χ4v) is 9.70. The first kappa shape index (κ1) is 35.2. The van der Waals surface area contributed by atoms with Gasteiger partial charge in [0.2, 0.25) is 0 Å². The van der Waals surface area contributed by atoms with Crippen molar-refractivity contribution in [2.45, 2.75) is 0 Å². The van der Waals surface area contributed by atoms with E-state index in [4.69, 9.17) is 15.0 Å². The van der Waals surface area contributed by atoms with Crippen molar-refractivity contribution in [3.05, 3.63) is 218 Å². The lowest BCUT2D eigenvalue weighted by Gasteiger charge is -2.16. The molecule has 0 unspecified atom stereocenters. The molecule has 294 valence electrons. The molecule has 0 atom stereocenters. The highest BCUT2D eigenvalue weighted by molar-refractivity contribution is 6.20. The van der Waals surface area contributed by atoms with Crippen LogP contribution in [0.2, 0.25) is 0 Å². The van der Waals surface area contributed by atoms with E-state index in [0.29, 0.717) is 17.5 Å². The average Bonchev–Trinajstić information content (AvgIpc) is 3.98. The van der Waals surface area contributed by atoms with E-state index in [9.17, 15) is 0 Å². The Labute approximate surface area is 362 Å². The van der Waals surface area contributed by atoms with Gasteiger partial charge in [-0.1, -0.05) is 152 Å². The Morgan fingerprint density at radius 3 is 1.14 bits per heavy atom. The predicted molar refractivity (Wildman–Crippen MR) is 259 cm³/mol. The molecule has 4 heterocycles. The molecule has 13 rings (SSSR count). The maximum absolute atomic E-state index is 5.36. The van der Waals surface area contributed by atoms with Gasteiger partial charge in [0, 0.05) is 60.4 Å². The molecule has 0 aliphatic carbocycles. The van der Waals surface area contributed by atoms with Gasteiger partial charge < -0.3 is 13.7 Å². The number of aromatic nitrogens is 6. The number of rotatable bonds is 6. The smallest absolute Gasteiger partial charge is 0.166 e. The molecular weight excluding hydrogens is 769 g/mol. The van der Waals surface area contributed by atoms with Gasteiger partial charge in [-0.15, -0.1) is 0 Å². The minimum absolute atomic E-state index is 0.595. The lowest BCUT2D eigenvalue weighted by atomic mass is 10.0. The zero-order valence-electron chi connectivity index (χ0n) is 34.0. The zero-order valence-corrected chi connectivity index (χ0v) is 34.0. The van der Waals surface area contributed by atoms with Gasteiger partial charge in [0.15, 0.2) is 17.5 Å². The van der Waals surface area contributed by atoms with E-state index in [1.54, 1.807) is 0 Å². The van der Waals surface area contributed by atoms with Crippen LogP contribution in [0.4, 0.5) is 0 Å². The molecule has 0 aliphatic rings. The van der Waals surface area contributed by atoms with Crippen LogP contribution in [-0.4, -0.2) is 28.7 Å². The van der Waals surface area contributed by atoms with Crippen LogP contribution in [0.3, 0.4) is 0 Å². The van der Waals surface area contributed by atoms with Crippen LogP contribution in [0.25, 0.3) is 117 Å². The van der Waals surface area contributed by atoms with Crippen LogP contribution < -0.4 is 0 Å². The van der Waals surface area contributed by atoms with E-state index in [1.807, 2.05) is 36.4 Å². The molecular formula is C57H36N6. The fourth-order valence-electron chi connectivity index (χ4n) is 9.70. The highest BCUT2D eigenvalue weighted by Gasteiger charge is 2.24. The molecule has 9 aromatic carbocycles. The summed E-state index contributed by atoms with van der Waals surface area (Å²) in [6.45, 7) is 0. The van der Waals surface area contributed by atoms with Gasteiger partial charge in [-0.05, 0) is 66.7 Å². The summed E-state index contributed by atoms with van der Waals surface area (Å²) in [5, 5.41) is 7.09. The summed E-state index contributed by atoms with van der Waals surface area (Å²) in [6.07, 6.45) is 0. The maximum Gasteiger partial charge on any atom is 0.166 e.